The van der Waals surface area contributed by atoms with Crippen molar-refractivity contribution in [2.45, 2.75) is 27.7 Å². The molecule has 0 aliphatic heterocycles. The van der Waals surface area contributed by atoms with Gasteiger partial charge in [0.05, 0.1) is 18.0 Å². The van der Waals surface area contributed by atoms with Crippen molar-refractivity contribution in [3.05, 3.63) is 105 Å². The monoisotopic (exact) mass is 513 g/mol. The fourth-order valence-corrected chi connectivity index (χ4v) is 4.13. The lowest BCUT2D eigenvalue weighted by Crippen LogP contribution is -2.14. The van der Waals surface area contributed by atoms with Crippen molar-refractivity contribution in [3.8, 4) is 5.69 Å². The molecule has 0 fully saturated rings. The summed E-state index contributed by atoms with van der Waals surface area (Å²) < 4.78 is 6.69. The quantitative estimate of drug-likeness (QED) is 0.206. The summed E-state index contributed by atoms with van der Waals surface area (Å²) in [6, 6.07) is 22.5. The van der Waals surface area contributed by atoms with Crippen molar-refractivity contribution in [2.75, 3.05) is 11.9 Å². The van der Waals surface area contributed by atoms with Crippen molar-refractivity contribution in [1.82, 2.24) is 9.78 Å². The number of carbonyl (C=O) groups excluding carboxylic acids is 2. The Morgan fingerprint density at radius 1 is 0.973 bits per heavy atom. The van der Waals surface area contributed by atoms with E-state index in [1.807, 2.05) is 81.4 Å². The Bertz CT molecular complexity index is 1520. The van der Waals surface area contributed by atoms with Gasteiger partial charge in [0.2, 0.25) is 9.81 Å². The summed E-state index contributed by atoms with van der Waals surface area (Å²) >= 11 is 1.10. The van der Waals surface area contributed by atoms with E-state index in [4.69, 9.17) is 4.74 Å². The summed E-state index contributed by atoms with van der Waals surface area (Å²) in [5, 5.41) is 16.3. The van der Waals surface area contributed by atoms with Crippen LogP contribution < -0.4 is 10.1 Å². The second-order valence-electron chi connectivity index (χ2n) is 8.34. The molecule has 8 nitrogen and oxygen atoms in total. The van der Waals surface area contributed by atoms with Gasteiger partial charge in [0.1, 0.15) is 0 Å². The molecule has 0 radical (unpaired) electrons. The molecule has 4 rings (SSSR count). The maximum absolute atomic E-state index is 12.6. The van der Waals surface area contributed by atoms with Crippen molar-refractivity contribution in [3.63, 3.8) is 0 Å². The molecule has 9 heteroatoms. The summed E-state index contributed by atoms with van der Waals surface area (Å²) in [7, 11) is 0. The average Bonchev–Trinajstić information content (AvgIpc) is 3.33. The Morgan fingerprint density at radius 3 is 2.32 bits per heavy atom. The minimum atomic E-state index is -0.507. The number of nitrogens with one attached hydrogen (secondary N) is 1. The maximum Gasteiger partial charge on any atom is 0.369 e. The van der Waals surface area contributed by atoms with Crippen molar-refractivity contribution < 1.29 is 14.3 Å². The van der Waals surface area contributed by atoms with Gasteiger partial charge in [0.15, 0.2) is 0 Å². The lowest BCUT2D eigenvalue weighted by molar-refractivity contribution is 0.0524. The molecule has 1 aromatic heterocycles. The van der Waals surface area contributed by atoms with Crippen molar-refractivity contribution >= 4 is 34.6 Å². The minimum Gasteiger partial charge on any atom is -0.461 e. The zero-order valence-corrected chi connectivity index (χ0v) is 21.9. The fraction of sp³-hybridized carbons (Fsp3) is 0.179. The molecule has 1 amide bonds. The number of anilines is 1. The Morgan fingerprint density at radius 2 is 1.65 bits per heavy atom. The summed E-state index contributed by atoms with van der Waals surface area (Å²) in [4.78, 5) is 25.3. The first-order valence-corrected chi connectivity index (χ1v) is 12.6. The van der Waals surface area contributed by atoms with Crippen LogP contribution in [0.3, 0.4) is 0 Å². The third-order valence-electron chi connectivity index (χ3n) is 5.43. The summed E-state index contributed by atoms with van der Waals surface area (Å²) in [5.41, 5.74) is 5.61. The number of hydrogen-bond donors (Lipinski definition) is 1. The van der Waals surface area contributed by atoms with Crippen LogP contribution in [0.2, 0.25) is 0 Å². The predicted molar refractivity (Wildman–Crippen MR) is 145 cm³/mol. The molecular formula is C28H27N5O3S. The van der Waals surface area contributed by atoms with Crippen molar-refractivity contribution in [2.24, 2.45) is 10.2 Å². The van der Waals surface area contributed by atoms with Gasteiger partial charge in [0.25, 0.3) is 5.91 Å². The molecule has 37 heavy (non-hydrogen) atoms. The van der Waals surface area contributed by atoms with Gasteiger partial charge in [-0.2, -0.15) is 5.10 Å². The smallest absolute Gasteiger partial charge is 0.369 e. The largest absolute Gasteiger partial charge is 0.461 e. The average molecular weight is 514 g/mol. The van der Waals surface area contributed by atoms with Gasteiger partial charge in [-0.3, -0.25) is 4.79 Å². The highest BCUT2D eigenvalue weighted by Crippen LogP contribution is 2.15. The third-order valence-corrected chi connectivity index (χ3v) is 6.30. The van der Waals surface area contributed by atoms with Gasteiger partial charge in [-0.1, -0.05) is 58.9 Å². The summed E-state index contributed by atoms with van der Waals surface area (Å²) in [5.74, 6) is -0.695. The first kappa shape index (κ1) is 25.7. The fourth-order valence-electron chi connectivity index (χ4n) is 3.38. The van der Waals surface area contributed by atoms with Crippen LogP contribution in [-0.4, -0.2) is 34.0 Å². The van der Waals surface area contributed by atoms with Crippen LogP contribution in [0.5, 0.6) is 0 Å². The number of ether oxygens (including phenoxy) is 1. The highest BCUT2D eigenvalue weighted by atomic mass is 32.1. The van der Waals surface area contributed by atoms with E-state index in [1.54, 1.807) is 23.7 Å². The Hall–Kier alpha value is -4.37. The molecule has 188 valence electrons. The number of aromatic nitrogens is 2. The maximum atomic E-state index is 12.6. The Kier molecular flexibility index (Phi) is 8.05. The molecule has 0 spiro atoms. The van der Waals surface area contributed by atoms with E-state index in [-0.39, 0.29) is 17.5 Å². The summed E-state index contributed by atoms with van der Waals surface area (Å²) in [6.07, 6.45) is 0. The number of aryl methyl sites for hydroxylation is 2. The van der Waals surface area contributed by atoms with Crippen LogP contribution in [0.15, 0.2) is 83.0 Å². The number of carbonyl (C=O) groups is 2. The number of hydrogen-bond acceptors (Lipinski definition) is 7. The van der Waals surface area contributed by atoms with Crippen molar-refractivity contribution in [1.29, 1.82) is 0 Å². The molecule has 0 unspecified atom stereocenters. The van der Waals surface area contributed by atoms with E-state index in [2.05, 4.69) is 20.6 Å². The first-order valence-electron chi connectivity index (χ1n) is 11.7. The summed E-state index contributed by atoms with van der Waals surface area (Å²) in [6.45, 7) is 7.80. The lowest BCUT2D eigenvalue weighted by Gasteiger charge is -2.07. The van der Waals surface area contributed by atoms with E-state index in [9.17, 15) is 9.59 Å². The highest BCUT2D eigenvalue weighted by molar-refractivity contribution is 7.10. The second-order valence-corrected chi connectivity index (χ2v) is 9.30. The highest BCUT2D eigenvalue weighted by Gasteiger charge is 2.15. The second kappa shape index (κ2) is 11.6. The molecule has 0 aliphatic carbocycles. The van der Waals surface area contributed by atoms with Crippen LogP contribution >= 0.6 is 11.3 Å². The molecule has 4 aromatic rings. The van der Waals surface area contributed by atoms with E-state index in [1.165, 1.54) is 0 Å². The van der Waals surface area contributed by atoms with Gasteiger partial charge >= 0.3 is 5.97 Å². The number of benzene rings is 3. The SMILES string of the molecule is CCOC(=O)c1nn(-c2ccc(C)cc2)/c(=N/N=C(\C)c2cccc(NC(=O)c3ccc(C)cc3)c2)s1. The van der Waals surface area contributed by atoms with Gasteiger partial charge in [0, 0.05) is 11.3 Å². The van der Waals surface area contributed by atoms with Crippen LogP contribution in [0.4, 0.5) is 5.69 Å². The lowest BCUT2D eigenvalue weighted by atomic mass is 10.1. The normalized spacial score (nSPS) is 11.9. The topological polar surface area (TPSA) is 97.9 Å². The molecule has 1 heterocycles. The third kappa shape index (κ3) is 6.45. The zero-order chi connectivity index (χ0) is 26.4. The number of rotatable bonds is 7. The molecular weight excluding hydrogens is 486 g/mol. The van der Waals surface area contributed by atoms with E-state index < -0.39 is 5.97 Å². The van der Waals surface area contributed by atoms with Gasteiger partial charge < -0.3 is 10.1 Å². The molecule has 0 atom stereocenters. The number of amides is 1. The molecule has 1 N–H and O–H groups in total. The number of nitrogens with zero attached hydrogens (tertiary/aromatic N) is 4. The molecule has 3 aromatic carbocycles. The predicted octanol–water partition coefficient (Wildman–Crippen LogP) is 5.30. The van der Waals surface area contributed by atoms with Crippen LogP contribution in [0.1, 0.15) is 50.7 Å². The van der Waals surface area contributed by atoms with Crippen LogP contribution in [-0.2, 0) is 4.74 Å². The van der Waals surface area contributed by atoms with Gasteiger partial charge in [-0.25, -0.2) is 9.48 Å². The first-order chi connectivity index (χ1) is 17.8. The Balaban J connectivity index is 1.63. The molecule has 0 saturated carbocycles. The van der Waals surface area contributed by atoms with Gasteiger partial charge in [-0.05, 0) is 69.7 Å². The van der Waals surface area contributed by atoms with E-state index in [0.717, 1.165) is 33.7 Å². The van der Waals surface area contributed by atoms with Crippen LogP contribution in [0, 0.1) is 13.8 Å². The van der Waals surface area contributed by atoms with E-state index in [0.29, 0.717) is 21.8 Å². The van der Waals surface area contributed by atoms with Crippen LogP contribution in [0.25, 0.3) is 5.69 Å². The molecule has 0 bridgehead atoms. The molecule has 0 saturated heterocycles. The molecule has 0 aliphatic rings. The number of esters is 1. The van der Waals surface area contributed by atoms with E-state index >= 15 is 0 Å². The Labute approximate surface area is 219 Å². The zero-order valence-electron chi connectivity index (χ0n) is 21.1. The standard InChI is InChI=1S/C28H27N5O3S/c1-5-36-27(35)26-32-33(24-15-11-19(3)12-16-24)28(37-26)31-30-20(4)22-7-6-8-23(17-22)29-25(34)21-13-9-18(2)10-14-21/h6-17H,5H2,1-4H3,(H,29,34)/b30-20+,31-28-. The van der Waals surface area contributed by atoms with Gasteiger partial charge in [-0.15, -0.1) is 10.2 Å². The minimum absolute atomic E-state index is 0.188.